The lowest BCUT2D eigenvalue weighted by Gasteiger charge is -2.20. The van der Waals surface area contributed by atoms with Crippen molar-refractivity contribution in [3.05, 3.63) is 65.2 Å². The summed E-state index contributed by atoms with van der Waals surface area (Å²) in [5, 5.41) is 0.680. The number of hydrogen-bond donors (Lipinski definition) is 0. The van der Waals surface area contributed by atoms with E-state index in [9.17, 15) is 4.79 Å². The number of likely N-dealkylation sites (N-methyl/N-ethyl adjacent to an activating group) is 1. The first-order valence-corrected chi connectivity index (χ1v) is 8.11. The summed E-state index contributed by atoms with van der Waals surface area (Å²) in [5.41, 5.74) is 1.19. The van der Waals surface area contributed by atoms with Crippen LogP contribution < -0.4 is 4.74 Å². The van der Waals surface area contributed by atoms with Gasteiger partial charge in [0.2, 0.25) is 5.91 Å². The Balaban J connectivity index is 1.75. The molecule has 0 spiro atoms. The second-order valence-corrected chi connectivity index (χ2v) is 6.07. The van der Waals surface area contributed by atoms with Crippen LogP contribution in [-0.2, 0) is 4.79 Å². The van der Waals surface area contributed by atoms with Crippen LogP contribution in [0.25, 0.3) is 0 Å². The maximum atomic E-state index is 12.3. The topological polar surface area (TPSA) is 29.5 Å². The molecule has 122 valence electrons. The van der Waals surface area contributed by atoms with Crippen LogP contribution in [0.5, 0.6) is 5.75 Å². The van der Waals surface area contributed by atoms with E-state index < -0.39 is 0 Å². The van der Waals surface area contributed by atoms with Crippen molar-refractivity contribution < 1.29 is 9.53 Å². The first-order chi connectivity index (χ1) is 11.1. The molecule has 0 fully saturated rings. The largest absolute Gasteiger partial charge is 0.492 e. The molecule has 3 nitrogen and oxygen atoms in total. The molecule has 0 aliphatic carbocycles. The Morgan fingerprint density at radius 3 is 2.43 bits per heavy atom. The number of benzene rings is 2. The number of ether oxygens (including phenoxy) is 1. The number of halogens is 1. The van der Waals surface area contributed by atoms with Gasteiger partial charge in [0, 0.05) is 18.5 Å². The molecule has 0 heterocycles. The van der Waals surface area contributed by atoms with Crippen molar-refractivity contribution in [3.63, 3.8) is 0 Å². The van der Waals surface area contributed by atoms with Gasteiger partial charge in [-0.05, 0) is 35.7 Å². The Morgan fingerprint density at radius 2 is 1.78 bits per heavy atom. The highest BCUT2D eigenvalue weighted by atomic mass is 35.5. The number of rotatable bonds is 7. The van der Waals surface area contributed by atoms with Crippen LogP contribution in [0.2, 0.25) is 5.02 Å². The molecule has 0 saturated heterocycles. The van der Waals surface area contributed by atoms with Crippen LogP contribution in [-0.4, -0.2) is 31.0 Å². The number of carbonyl (C=O) groups excluding carboxylic acids is 1. The van der Waals surface area contributed by atoms with Gasteiger partial charge in [-0.2, -0.15) is 0 Å². The zero-order valence-corrected chi connectivity index (χ0v) is 14.3. The Morgan fingerprint density at radius 1 is 1.13 bits per heavy atom. The smallest absolute Gasteiger partial charge is 0.223 e. The molecule has 0 aliphatic rings. The summed E-state index contributed by atoms with van der Waals surface area (Å²) in [6.45, 7) is 3.10. The minimum Gasteiger partial charge on any atom is -0.492 e. The van der Waals surface area contributed by atoms with E-state index >= 15 is 0 Å². The minimum absolute atomic E-state index is 0.126. The lowest BCUT2D eigenvalue weighted by atomic mass is 9.97. The van der Waals surface area contributed by atoms with Crippen molar-refractivity contribution in [2.24, 2.45) is 0 Å². The highest BCUT2D eigenvalue weighted by Gasteiger charge is 2.14. The lowest BCUT2D eigenvalue weighted by Crippen LogP contribution is -2.31. The summed E-state index contributed by atoms with van der Waals surface area (Å²) in [4.78, 5) is 14.0. The van der Waals surface area contributed by atoms with Crippen molar-refractivity contribution in [3.8, 4) is 5.75 Å². The molecule has 4 heteroatoms. The van der Waals surface area contributed by atoms with E-state index in [1.54, 1.807) is 17.0 Å². The molecule has 2 aromatic rings. The fourth-order valence-corrected chi connectivity index (χ4v) is 2.40. The molecule has 0 aromatic heterocycles. The number of hydrogen-bond acceptors (Lipinski definition) is 2. The van der Waals surface area contributed by atoms with E-state index in [1.165, 1.54) is 5.56 Å². The van der Waals surface area contributed by atoms with Gasteiger partial charge in [-0.25, -0.2) is 0 Å². The Labute approximate surface area is 142 Å². The first kappa shape index (κ1) is 17.4. The Kier molecular flexibility index (Phi) is 6.48. The predicted molar refractivity (Wildman–Crippen MR) is 94.1 cm³/mol. The SMILES string of the molecule is CC(CC(=O)N(C)CCOc1ccc(Cl)cc1)c1ccccc1. The van der Waals surface area contributed by atoms with E-state index in [0.717, 1.165) is 5.75 Å². The van der Waals surface area contributed by atoms with Crippen LogP contribution in [0.1, 0.15) is 24.8 Å². The molecule has 0 bridgehead atoms. The molecule has 0 radical (unpaired) electrons. The summed E-state index contributed by atoms with van der Waals surface area (Å²) in [6, 6.07) is 17.3. The molecular formula is C19H22ClNO2. The van der Waals surface area contributed by atoms with Gasteiger partial charge in [0.05, 0.1) is 6.54 Å². The summed E-state index contributed by atoms with van der Waals surface area (Å²) in [6.07, 6.45) is 0.501. The highest BCUT2D eigenvalue weighted by Crippen LogP contribution is 2.19. The third-order valence-electron chi connectivity index (χ3n) is 3.78. The van der Waals surface area contributed by atoms with Gasteiger partial charge >= 0.3 is 0 Å². The maximum Gasteiger partial charge on any atom is 0.223 e. The average molecular weight is 332 g/mol. The number of amides is 1. The molecule has 1 atom stereocenters. The zero-order chi connectivity index (χ0) is 16.7. The van der Waals surface area contributed by atoms with Crippen LogP contribution in [0.15, 0.2) is 54.6 Å². The fraction of sp³-hybridized carbons (Fsp3) is 0.316. The van der Waals surface area contributed by atoms with E-state index in [1.807, 2.05) is 37.4 Å². The van der Waals surface area contributed by atoms with E-state index in [0.29, 0.717) is 24.6 Å². The van der Waals surface area contributed by atoms with Gasteiger partial charge in [0.25, 0.3) is 0 Å². The van der Waals surface area contributed by atoms with E-state index in [2.05, 4.69) is 19.1 Å². The molecule has 0 N–H and O–H groups in total. The minimum atomic E-state index is 0.126. The standard InChI is InChI=1S/C19H22ClNO2/c1-15(16-6-4-3-5-7-16)14-19(22)21(2)12-13-23-18-10-8-17(20)9-11-18/h3-11,15H,12-14H2,1-2H3. The molecule has 0 saturated carbocycles. The average Bonchev–Trinajstić information content (AvgIpc) is 2.57. The van der Waals surface area contributed by atoms with Gasteiger partial charge in [-0.15, -0.1) is 0 Å². The monoisotopic (exact) mass is 331 g/mol. The second kappa shape index (κ2) is 8.59. The summed E-state index contributed by atoms with van der Waals surface area (Å²) >= 11 is 5.83. The van der Waals surface area contributed by atoms with Gasteiger partial charge in [0.15, 0.2) is 0 Å². The summed E-state index contributed by atoms with van der Waals surface area (Å²) in [7, 11) is 1.81. The highest BCUT2D eigenvalue weighted by molar-refractivity contribution is 6.30. The van der Waals surface area contributed by atoms with Gasteiger partial charge in [-0.3, -0.25) is 4.79 Å². The van der Waals surface area contributed by atoms with Crippen LogP contribution in [0.4, 0.5) is 0 Å². The number of nitrogens with zero attached hydrogens (tertiary/aromatic N) is 1. The quantitative estimate of drug-likeness (QED) is 0.754. The van der Waals surface area contributed by atoms with Crippen molar-refractivity contribution in [1.29, 1.82) is 0 Å². The summed E-state index contributed by atoms with van der Waals surface area (Å²) in [5.74, 6) is 1.09. The molecular weight excluding hydrogens is 310 g/mol. The predicted octanol–water partition coefficient (Wildman–Crippen LogP) is 4.37. The summed E-state index contributed by atoms with van der Waals surface area (Å²) < 4.78 is 5.62. The third-order valence-corrected chi connectivity index (χ3v) is 4.04. The van der Waals surface area contributed by atoms with Crippen LogP contribution >= 0.6 is 11.6 Å². The first-order valence-electron chi connectivity index (χ1n) is 7.73. The molecule has 2 aromatic carbocycles. The lowest BCUT2D eigenvalue weighted by molar-refractivity contribution is -0.130. The molecule has 23 heavy (non-hydrogen) atoms. The van der Waals surface area contributed by atoms with Gasteiger partial charge in [0.1, 0.15) is 12.4 Å². The molecule has 1 amide bonds. The van der Waals surface area contributed by atoms with Crippen molar-refractivity contribution in [2.45, 2.75) is 19.3 Å². The molecule has 1 unspecified atom stereocenters. The van der Waals surface area contributed by atoms with Crippen molar-refractivity contribution in [2.75, 3.05) is 20.2 Å². The van der Waals surface area contributed by atoms with Crippen molar-refractivity contribution in [1.82, 2.24) is 4.90 Å². The van der Waals surface area contributed by atoms with E-state index in [-0.39, 0.29) is 11.8 Å². The molecule has 0 aliphatic heterocycles. The third kappa shape index (κ3) is 5.61. The van der Waals surface area contributed by atoms with E-state index in [4.69, 9.17) is 16.3 Å². The zero-order valence-electron chi connectivity index (χ0n) is 13.5. The Hall–Kier alpha value is -2.00. The Bertz CT molecular complexity index is 613. The maximum absolute atomic E-state index is 12.3. The second-order valence-electron chi connectivity index (χ2n) is 5.63. The fourth-order valence-electron chi connectivity index (χ4n) is 2.27. The number of carbonyl (C=O) groups is 1. The normalized spacial score (nSPS) is 11.8. The van der Waals surface area contributed by atoms with Crippen molar-refractivity contribution >= 4 is 17.5 Å². The van der Waals surface area contributed by atoms with Gasteiger partial charge < -0.3 is 9.64 Å². The van der Waals surface area contributed by atoms with Crippen LogP contribution in [0.3, 0.4) is 0 Å². The van der Waals surface area contributed by atoms with Gasteiger partial charge in [-0.1, -0.05) is 48.9 Å². The molecule has 2 rings (SSSR count). The van der Waals surface area contributed by atoms with Crippen LogP contribution in [0, 0.1) is 0 Å².